The molecule has 2 aromatic carbocycles. The Morgan fingerprint density at radius 2 is 1.44 bits per heavy atom. The number of ether oxygens (including phenoxy) is 3. The summed E-state index contributed by atoms with van der Waals surface area (Å²) in [5.41, 5.74) is 1.93. The van der Waals surface area contributed by atoms with Gasteiger partial charge in [-0.25, -0.2) is 4.90 Å². The lowest BCUT2D eigenvalue weighted by Crippen LogP contribution is -2.37. The van der Waals surface area contributed by atoms with Gasteiger partial charge in [-0.1, -0.05) is 37.3 Å². The molecule has 0 aliphatic carbocycles. The van der Waals surface area contributed by atoms with Crippen molar-refractivity contribution in [1.29, 1.82) is 0 Å². The summed E-state index contributed by atoms with van der Waals surface area (Å²) in [6.07, 6.45) is 0.907. The number of imide groups is 1. The number of carbonyl (C=O) groups is 2. The monoisotopic (exact) mass is 438 g/mol. The minimum atomic E-state index is -0.352. The van der Waals surface area contributed by atoms with Crippen LogP contribution in [0.1, 0.15) is 18.9 Å². The minimum absolute atomic E-state index is 0.349. The molecule has 2 amide bonds. The van der Waals surface area contributed by atoms with Gasteiger partial charge in [0.05, 0.1) is 31.1 Å². The van der Waals surface area contributed by atoms with E-state index >= 15 is 0 Å². The summed E-state index contributed by atoms with van der Waals surface area (Å²) in [4.78, 5) is 30.2. The van der Waals surface area contributed by atoms with Crippen LogP contribution in [0.4, 0.5) is 5.69 Å². The second-order valence-corrected chi connectivity index (χ2v) is 7.35. The first-order valence-corrected chi connectivity index (χ1v) is 10.8. The van der Waals surface area contributed by atoms with Crippen LogP contribution in [-0.4, -0.2) is 63.8 Å². The molecule has 0 fully saturated rings. The Morgan fingerprint density at radius 1 is 0.812 bits per heavy atom. The predicted octanol–water partition coefficient (Wildman–Crippen LogP) is 3.35. The Morgan fingerprint density at radius 3 is 2.00 bits per heavy atom. The number of carbonyl (C=O) groups excluding carboxylic acids is 2. The number of benzene rings is 2. The molecule has 7 nitrogen and oxygen atoms in total. The van der Waals surface area contributed by atoms with Gasteiger partial charge in [0.15, 0.2) is 0 Å². The van der Waals surface area contributed by atoms with Crippen molar-refractivity contribution < 1.29 is 23.8 Å². The Labute approximate surface area is 189 Å². The Bertz CT molecular complexity index is 933. The molecular weight excluding hydrogens is 408 g/mol. The van der Waals surface area contributed by atoms with Crippen LogP contribution in [-0.2, 0) is 19.1 Å². The van der Waals surface area contributed by atoms with Gasteiger partial charge in [0.25, 0.3) is 11.8 Å². The number of hydrogen-bond donors (Lipinski definition) is 0. The highest BCUT2D eigenvalue weighted by Crippen LogP contribution is 2.35. The Hall–Kier alpha value is -3.16. The summed E-state index contributed by atoms with van der Waals surface area (Å²) in [6, 6.07) is 16.3. The molecule has 0 saturated carbocycles. The number of anilines is 1. The standard InChI is InChI=1S/C25H30N2O5/c1-4-16-32-21-12-10-19(11-13-21)22-23(26(14-17-30-2)15-18-31-3)25(29)27(24(22)28)20-8-6-5-7-9-20/h5-13H,4,14-18H2,1-3H3. The van der Waals surface area contributed by atoms with Gasteiger partial charge in [-0.2, -0.15) is 0 Å². The maximum Gasteiger partial charge on any atom is 0.282 e. The quantitative estimate of drug-likeness (QED) is 0.474. The number of para-hydroxylation sites is 1. The third-order valence-electron chi connectivity index (χ3n) is 5.14. The third-order valence-corrected chi connectivity index (χ3v) is 5.14. The van der Waals surface area contributed by atoms with Crippen LogP contribution >= 0.6 is 0 Å². The van der Waals surface area contributed by atoms with Gasteiger partial charge in [0.1, 0.15) is 11.4 Å². The largest absolute Gasteiger partial charge is 0.494 e. The lowest BCUT2D eigenvalue weighted by molar-refractivity contribution is -0.120. The first-order chi connectivity index (χ1) is 15.6. The molecule has 1 aliphatic rings. The molecule has 170 valence electrons. The van der Waals surface area contributed by atoms with Crippen LogP contribution in [0.2, 0.25) is 0 Å². The van der Waals surface area contributed by atoms with E-state index in [-0.39, 0.29) is 11.8 Å². The number of nitrogens with zero attached hydrogens (tertiary/aromatic N) is 2. The molecule has 0 bridgehead atoms. The highest BCUT2D eigenvalue weighted by Gasteiger charge is 2.42. The Kier molecular flexibility index (Phi) is 8.41. The van der Waals surface area contributed by atoms with Crippen LogP contribution in [0.15, 0.2) is 60.3 Å². The van der Waals surface area contributed by atoms with Crippen LogP contribution in [0.5, 0.6) is 5.75 Å². The highest BCUT2D eigenvalue weighted by atomic mass is 16.5. The fourth-order valence-electron chi connectivity index (χ4n) is 3.56. The maximum absolute atomic E-state index is 13.6. The van der Waals surface area contributed by atoms with Crippen molar-refractivity contribution in [1.82, 2.24) is 4.90 Å². The van der Waals surface area contributed by atoms with E-state index in [1.54, 1.807) is 38.5 Å². The molecule has 0 unspecified atom stereocenters. The van der Waals surface area contributed by atoms with Crippen LogP contribution in [0, 0.1) is 0 Å². The second-order valence-electron chi connectivity index (χ2n) is 7.35. The van der Waals surface area contributed by atoms with E-state index in [0.717, 1.165) is 12.2 Å². The van der Waals surface area contributed by atoms with Crippen LogP contribution in [0.25, 0.3) is 5.57 Å². The molecule has 2 aromatic rings. The molecule has 0 N–H and O–H groups in total. The topological polar surface area (TPSA) is 68.3 Å². The van der Waals surface area contributed by atoms with Crippen molar-refractivity contribution in [2.75, 3.05) is 52.0 Å². The first kappa shape index (κ1) is 23.5. The zero-order valence-electron chi connectivity index (χ0n) is 18.9. The van der Waals surface area contributed by atoms with Crippen LogP contribution < -0.4 is 9.64 Å². The Balaban J connectivity index is 2.06. The normalized spacial score (nSPS) is 13.8. The van der Waals surface area contributed by atoms with Crippen molar-refractivity contribution in [3.8, 4) is 5.75 Å². The summed E-state index contributed by atoms with van der Waals surface area (Å²) in [5.74, 6) is 0.0260. The number of methoxy groups -OCH3 is 2. The summed E-state index contributed by atoms with van der Waals surface area (Å²) in [7, 11) is 3.22. The SMILES string of the molecule is CCCOc1ccc(C2=C(N(CCOC)CCOC)C(=O)N(c3ccccc3)C2=O)cc1. The van der Waals surface area contributed by atoms with Crippen molar-refractivity contribution >= 4 is 23.1 Å². The third kappa shape index (κ3) is 5.18. The smallest absolute Gasteiger partial charge is 0.282 e. The van der Waals surface area contributed by atoms with Crippen molar-refractivity contribution in [2.24, 2.45) is 0 Å². The second kappa shape index (κ2) is 11.5. The zero-order chi connectivity index (χ0) is 22.9. The highest BCUT2D eigenvalue weighted by molar-refractivity contribution is 6.45. The fourth-order valence-corrected chi connectivity index (χ4v) is 3.56. The average molecular weight is 439 g/mol. The number of rotatable bonds is 12. The molecule has 7 heteroatoms. The van der Waals surface area contributed by atoms with Gasteiger partial charge >= 0.3 is 0 Å². The molecule has 0 spiro atoms. The summed E-state index contributed by atoms with van der Waals surface area (Å²) in [5, 5.41) is 0. The van der Waals surface area contributed by atoms with E-state index in [0.29, 0.717) is 55.4 Å². The van der Waals surface area contributed by atoms with E-state index in [4.69, 9.17) is 14.2 Å². The number of hydrogen-bond acceptors (Lipinski definition) is 6. The van der Waals surface area contributed by atoms with Gasteiger partial charge in [-0.05, 0) is 36.2 Å². The molecule has 1 aliphatic heterocycles. The van der Waals surface area contributed by atoms with E-state index < -0.39 is 0 Å². The van der Waals surface area contributed by atoms with Crippen molar-refractivity contribution in [3.63, 3.8) is 0 Å². The van der Waals surface area contributed by atoms with Gasteiger partial charge < -0.3 is 19.1 Å². The summed E-state index contributed by atoms with van der Waals surface area (Å²) >= 11 is 0. The molecule has 0 atom stereocenters. The van der Waals surface area contributed by atoms with Gasteiger partial charge in [0.2, 0.25) is 0 Å². The first-order valence-electron chi connectivity index (χ1n) is 10.8. The molecule has 32 heavy (non-hydrogen) atoms. The van der Waals surface area contributed by atoms with Crippen molar-refractivity contribution in [2.45, 2.75) is 13.3 Å². The average Bonchev–Trinajstić information content (AvgIpc) is 3.08. The molecular formula is C25H30N2O5. The van der Waals surface area contributed by atoms with E-state index in [9.17, 15) is 9.59 Å². The van der Waals surface area contributed by atoms with Crippen molar-refractivity contribution in [3.05, 3.63) is 65.9 Å². The van der Waals surface area contributed by atoms with Gasteiger partial charge in [0, 0.05) is 27.3 Å². The fraction of sp³-hybridized carbons (Fsp3) is 0.360. The van der Waals surface area contributed by atoms with E-state index in [1.165, 1.54) is 4.90 Å². The minimum Gasteiger partial charge on any atom is -0.494 e. The van der Waals surface area contributed by atoms with Gasteiger partial charge in [-0.15, -0.1) is 0 Å². The zero-order valence-corrected chi connectivity index (χ0v) is 18.9. The lowest BCUT2D eigenvalue weighted by atomic mass is 10.0. The molecule has 0 aromatic heterocycles. The molecule has 1 heterocycles. The van der Waals surface area contributed by atoms with E-state index in [2.05, 4.69) is 0 Å². The van der Waals surface area contributed by atoms with Crippen LogP contribution in [0.3, 0.4) is 0 Å². The summed E-state index contributed by atoms with van der Waals surface area (Å²) < 4.78 is 16.2. The summed E-state index contributed by atoms with van der Waals surface area (Å²) in [6.45, 7) is 4.40. The molecule has 0 radical (unpaired) electrons. The predicted molar refractivity (Wildman–Crippen MR) is 123 cm³/mol. The molecule has 0 saturated heterocycles. The van der Waals surface area contributed by atoms with Gasteiger partial charge in [-0.3, -0.25) is 9.59 Å². The molecule has 3 rings (SSSR count). The lowest BCUT2D eigenvalue weighted by Gasteiger charge is -2.25. The van der Waals surface area contributed by atoms with E-state index in [1.807, 2.05) is 42.2 Å². The maximum atomic E-state index is 13.6. The number of amides is 2.